The summed E-state index contributed by atoms with van der Waals surface area (Å²) in [6, 6.07) is 5.72. The maximum Gasteiger partial charge on any atom is 0.505 e. The molecule has 0 amide bonds. The van der Waals surface area contributed by atoms with E-state index >= 15 is 0 Å². The second-order valence-electron chi connectivity index (χ2n) is 2.33. The van der Waals surface area contributed by atoms with E-state index in [1.807, 2.05) is 32.0 Å². The monoisotopic (exact) mass is 153 g/mol. The number of aryl methyl sites for hydroxylation is 2. The Morgan fingerprint density at radius 1 is 1.20 bits per heavy atom. The molecule has 1 aromatic rings. The minimum absolute atomic E-state index is 0.542. The molecule has 0 aromatic heterocycles. The summed E-state index contributed by atoms with van der Waals surface area (Å²) in [7, 11) is 0. The third kappa shape index (κ3) is 1.39. The van der Waals surface area contributed by atoms with Crippen molar-refractivity contribution < 1.29 is 4.21 Å². The van der Waals surface area contributed by atoms with E-state index in [1.54, 1.807) is 0 Å². The highest BCUT2D eigenvalue weighted by atomic mass is 32.1. The lowest BCUT2D eigenvalue weighted by Crippen LogP contribution is -1.81. The Kier molecular flexibility index (Phi) is 2.12. The van der Waals surface area contributed by atoms with Crippen molar-refractivity contribution >= 4 is 11.7 Å². The van der Waals surface area contributed by atoms with Crippen LogP contribution in [0.1, 0.15) is 11.1 Å². The molecule has 0 radical (unpaired) electrons. The Bertz CT molecular complexity index is 255. The first-order valence-electron chi connectivity index (χ1n) is 3.11. The van der Waals surface area contributed by atoms with Crippen molar-refractivity contribution in [2.75, 3.05) is 0 Å². The second kappa shape index (κ2) is 2.88. The van der Waals surface area contributed by atoms with Crippen LogP contribution in [0.15, 0.2) is 23.1 Å². The van der Waals surface area contributed by atoms with Crippen molar-refractivity contribution in [1.29, 1.82) is 0 Å². The average Bonchev–Trinajstić information content (AvgIpc) is 1.95. The Morgan fingerprint density at radius 3 is 2.40 bits per heavy atom. The molecule has 1 aromatic carbocycles. The zero-order valence-corrected chi connectivity index (χ0v) is 6.87. The summed E-state index contributed by atoms with van der Waals surface area (Å²) in [4.78, 5) is 0.795. The predicted octanol–water partition coefficient (Wildman–Crippen LogP) is 2.09. The van der Waals surface area contributed by atoms with Crippen molar-refractivity contribution in [3.05, 3.63) is 29.3 Å². The predicted molar refractivity (Wildman–Crippen MR) is 42.2 cm³/mol. The first kappa shape index (κ1) is 7.35. The minimum atomic E-state index is 0.542. The molecule has 0 spiro atoms. The summed E-state index contributed by atoms with van der Waals surface area (Å²) in [6.07, 6.45) is 0. The molecule has 0 unspecified atom stereocenters. The molecule has 0 aliphatic rings. The van der Waals surface area contributed by atoms with Crippen LogP contribution in [0.4, 0.5) is 0 Å². The van der Waals surface area contributed by atoms with Gasteiger partial charge in [0, 0.05) is 16.3 Å². The van der Waals surface area contributed by atoms with Crippen LogP contribution in [0.3, 0.4) is 0 Å². The highest BCUT2D eigenvalue weighted by Crippen LogP contribution is 2.08. The summed E-state index contributed by atoms with van der Waals surface area (Å²) in [5.74, 6) is 0. The van der Waals surface area contributed by atoms with Crippen molar-refractivity contribution in [1.82, 2.24) is 0 Å². The molecular formula is C8H9OS+. The molecular weight excluding hydrogens is 144 g/mol. The van der Waals surface area contributed by atoms with Gasteiger partial charge in [0.2, 0.25) is 0 Å². The molecule has 1 rings (SSSR count). The molecule has 0 saturated carbocycles. The van der Waals surface area contributed by atoms with Crippen LogP contribution in [0, 0.1) is 13.8 Å². The van der Waals surface area contributed by atoms with Gasteiger partial charge >= 0.3 is 11.7 Å². The molecule has 52 valence electrons. The fourth-order valence-corrected chi connectivity index (χ4v) is 1.11. The third-order valence-corrected chi connectivity index (χ3v) is 2.02. The quantitative estimate of drug-likeness (QED) is 0.564. The van der Waals surface area contributed by atoms with Gasteiger partial charge in [0.05, 0.1) is 0 Å². The fraction of sp³-hybridized carbons (Fsp3) is 0.250. The molecule has 10 heavy (non-hydrogen) atoms. The van der Waals surface area contributed by atoms with Gasteiger partial charge in [-0.2, -0.15) is 0 Å². The van der Waals surface area contributed by atoms with Crippen LogP contribution in [0.5, 0.6) is 0 Å². The topological polar surface area (TPSA) is 17.1 Å². The van der Waals surface area contributed by atoms with Gasteiger partial charge in [0.15, 0.2) is 0 Å². The molecule has 1 nitrogen and oxygen atoms in total. The van der Waals surface area contributed by atoms with E-state index < -0.39 is 0 Å². The zero-order chi connectivity index (χ0) is 7.56. The number of rotatable bonds is 1. The Hall–Kier alpha value is -0.760. The molecule has 0 fully saturated rings. The summed E-state index contributed by atoms with van der Waals surface area (Å²) in [5, 5.41) is 0. The first-order chi connectivity index (χ1) is 4.74. The van der Waals surface area contributed by atoms with Crippen molar-refractivity contribution in [3.63, 3.8) is 0 Å². The first-order valence-corrected chi connectivity index (χ1v) is 3.85. The van der Waals surface area contributed by atoms with E-state index in [0.29, 0.717) is 11.7 Å². The summed E-state index contributed by atoms with van der Waals surface area (Å²) < 4.78 is 10.3. The van der Waals surface area contributed by atoms with Crippen LogP contribution >= 0.6 is 0 Å². The summed E-state index contributed by atoms with van der Waals surface area (Å²) in [5.41, 5.74) is 2.42. The van der Waals surface area contributed by atoms with E-state index in [2.05, 4.69) is 0 Å². The van der Waals surface area contributed by atoms with Gasteiger partial charge in [-0.25, -0.2) is 0 Å². The van der Waals surface area contributed by atoms with Crippen molar-refractivity contribution in [3.8, 4) is 0 Å². The van der Waals surface area contributed by atoms with Gasteiger partial charge in [0.1, 0.15) is 0 Å². The highest BCUT2D eigenvalue weighted by molar-refractivity contribution is 7.65. The lowest BCUT2D eigenvalue weighted by molar-refractivity contribution is 0.605. The normalized spacial score (nSPS) is 9.40. The van der Waals surface area contributed by atoms with Gasteiger partial charge in [-0.05, 0) is 25.0 Å². The minimum Gasteiger partial charge on any atom is -0.0533 e. The number of hydrogen-bond acceptors (Lipinski definition) is 1. The van der Waals surface area contributed by atoms with Crippen LogP contribution < -0.4 is 0 Å². The van der Waals surface area contributed by atoms with Gasteiger partial charge in [0.25, 0.3) is 4.90 Å². The average molecular weight is 153 g/mol. The highest BCUT2D eigenvalue weighted by Gasteiger charge is 2.05. The molecule has 2 heteroatoms. The van der Waals surface area contributed by atoms with Crippen molar-refractivity contribution in [2.24, 2.45) is 0 Å². The van der Waals surface area contributed by atoms with Crippen LogP contribution in [0.2, 0.25) is 0 Å². The van der Waals surface area contributed by atoms with Gasteiger partial charge in [-0.3, -0.25) is 0 Å². The van der Waals surface area contributed by atoms with Crippen LogP contribution in [0.25, 0.3) is 0 Å². The molecule has 0 N–H and O–H groups in total. The fourth-order valence-electron chi connectivity index (χ4n) is 0.766. The van der Waals surface area contributed by atoms with Gasteiger partial charge in [-0.15, -0.1) is 0 Å². The largest absolute Gasteiger partial charge is 0.505 e. The zero-order valence-electron chi connectivity index (χ0n) is 6.05. The summed E-state index contributed by atoms with van der Waals surface area (Å²) >= 11 is 0.542. The summed E-state index contributed by atoms with van der Waals surface area (Å²) in [6.45, 7) is 4.05. The maximum atomic E-state index is 10.3. The maximum absolute atomic E-state index is 10.3. The number of benzene rings is 1. The second-order valence-corrected chi connectivity index (χ2v) is 2.97. The van der Waals surface area contributed by atoms with Gasteiger partial charge < -0.3 is 0 Å². The SMILES string of the molecule is Cc1ccc([S+]=O)cc1C. The van der Waals surface area contributed by atoms with E-state index in [9.17, 15) is 4.21 Å². The van der Waals surface area contributed by atoms with E-state index in [0.717, 1.165) is 4.90 Å². The van der Waals surface area contributed by atoms with E-state index in [1.165, 1.54) is 11.1 Å². The Labute approximate surface area is 64.6 Å². The van der Waals surface area contributed by atoms with E-state index in [-0.39, 0.29) is 0 Å². The van der Waals surface area contributed by atoms with Gasteiger partial charge in [-0.1, -0.05) is 6.07 Å². The molecule has 0 aliphatic carbocycles. The van der Waals surface area contributed by atoms with Crippen LogP contribution in [-0.4, -0.2) is 0 Å². The Morgan fingerprint density at radius 2 is 1.90 bits per heavy atom. The standard InChI is InChI=1S/C8H9OS/c1-6-3-4-8(10-9)5-7(6)2/h3-5H,1-2H3/q+1. The smallest absolute Gasteiger partial charge is 0.0533 e. The number of hydrogen-bond donors (Lipinski definition) is 0. The lowest BCUT2D eigenvalue weighted by atomic mass is 10.1. The Balaban J connectivity index is 3.16. The molecule has 0 saturated heterocycles. The third-order valence-electron chi connectivity index (χ3n) is 1.57. The van der Waals surface area contributed by atoms with Crippen molar-refractivity contribution in [2.45, 2.75) is 18.7 Å². The molecule has 0 atom stereocenters. The molecule has 0 heterocycles. The van der Waals surface area contributed by atoms with E-state index in [4.69, 9.17) is 0 Å². The lowest BCUT2D eigenvalue weighted by Gasteiger charge is -1.92. The van der Waals surface area contributed by atoms with Crippen LogP contribution in [-0.2, 0) is 15.9 Å². The molecule has 0 bridgehead atoms. The molecule has 0 aliphatic heterocycles.